The average Bonchev–Trinajstić information content (AvgIpc) is 2.37. The zero-order valence-electron chi connectivity index (χ0n) is 10.7. The highest BCUT2D eigenvalue weighted by Gasteiger charge is 2.15. The first-order valence-electron chi connectivity index (χ1n) is 5.40. The van der Waals surface area contributed by atoms with Crippen LogP contribution < -0.4 is 5.32 Å². The molecule has 19 heavy (non-hydrogen) atoms. The van der Waals surface area contributed by atoms with Gasteiger partial charge in [0.25, 0.3) is 0 Å². The molecule has 0 aliphatic carbocycles. The molecule has 1 rings (SSSR count). The van der Waals surface area contributed by atoms with Crippen LogP contribution in [0.4, 0.5) is 10.5 Å². The number of nitrogens with one attached hydrogen (secondary N) is 1. The van der Waals surface area contributed by atoms with Gasteiger partial charge in [-0.2, -0.15) is 0 Å². The number of benzene rings is 1. The van der Waals surface area contributed by atoms with Gasteiger partial charge in [-0.1, -0.05) is 18.2 Å². The van der Waals surface area contributed by atoms with Crippen LogP contribution in [-0.2, 0) is 9.47 Å². The summed E-state index contributed by atoms with van der Waals surface area (Å²) in [4.78, 5) is 23.1. The Bertz CT molecular complexity index is 513. The molecule has 0 aliphatic heterocycles. The van der Waals surface area contributed by atoms with E-state index < -0.39 is 12.1 Å². The summed E-state index contributed by atoms with van der Waals surface area (Å²) in [6.07, 6.45) is -0.685. The zero-order chi connectivity index (χ0) is 14.4. The second-order valence-electron chi connectivity index (χ2n) is 3.84. The maximum Gasteiger partial charge on any atom is 0.411 e. The normalized spacial score (nSPS) is 9.63. The summed E-state index contributed by atoms with van der Waals surface area (Å²) in [7, 11) is 1.24. The van der Waals surface area contributed by atoms with Crippen LogP contribution in [-0.4, -0.2) is 25.8 Å². The number of halogens is 1. The van der Waals surface area contributed by atoms with Crippen LogP contribution in [0.1, 0.15) is 17.3 Å². The van der Waals surface area contributed by atoms with Crippen LogP contribution in [0.3, 0.4) is 0 Å². The molecule has 0 saturated heterocycles. The SMILES string of the molecule is C=C(C)COC(=O)Nc1ccc(Cl)cc1C(=O)OC. The Labute approximate surface area is 116 Å². The molecule has 0 aromatic heterocycles. The highest BCUT2D eigenvalue weighted by molar-refractivity contribution is 6.31. The van der Waals surface area contributed by atoms with Gasteiger partial charge in [-0.15, -0.1) is 0 Å². The molecule has 5 nitrogen and oxygen atoms in total. The lowest BCUT2D eigenvalue weighted by Crippen LogP contribution is -2.17. The molecule has 0 saturated carbocycles. The molecule has 0 radical (unpaired) electrons. The van der Waals surface area contributed by atoms with E-state index in [1.807, 2.05) is 0 Å². The van der Waals surface area contributed by atoms with Gasteiger partial charge in [0.1, 0.15) is 6.61 Å². The van der Waals surface area contributed by atoms with E-state index in [1.165, 1.54) is 19.2 Å². The molecule has 1 N–H and O–H groups in total. The van der Waals surface area contributed by atoms with Crippen molar-refractivity contribution < 1.29 is 19.1 Å². The fraction of sp³-hybridized carbons (Fsp3) is 0.231. The number of amides is 1. The molecule has 1 aromatic carbocycles. The van der Waals surface area contributed by atoms with E-state index in [-0.39, 0.29) is 17.9 Å². The molecule has 0 atom stereocenters. The summed E-state index contributed by atoms with van der Waals surface area (Å²) < 4.78 is 9.48. The third-order valence-corrected chi connectivity index (χ3v) is 2.31. The van der Waals surface area contributed by atoms with Crippen molar-refractivity contribution in [3.8, 4) is 0 Å². The maximum absolute atomic E-state index is 11.5. The van der Waals surface area contributed by atoms with Crippen molar-refractivity contribution in [1.82, 2.24) is 0 Å². The lowest BCUT2D eigenvalue weighted by molar-refractivity contribution is 0.0602. The fourth-order valence-electron chi connectivity index (χ4n) is 1.24. The number of ether oxygens (including phenoxy) is 2. The Morgan fingerprint density at radius 2 is 2.11 bits per heavy atom. The van der Waals surface area contributed by atoms with E-state index in [0.29, 0.717) is 10.6 Å². The smallest absolute Gasteiger partial charge is 0.411 e. The Morgan fingerprint density at radius 1 is 1.42 bits per heavy atom. The third-order valence-electron chi connectivity index (χ3n) is 2.07. The van der Waals surface area contributed by atoms with E-state index >= 15 is 0 Å². The molecule has 0 bridgehead atoms. The highest BCUT2D eigenvalue weighted by atomic mass is 35.5. The molecule has 1 aromatic rings. The van der Waals surface area contributed by atoms with Crippen molar-refractivity contribution in [2.45, 2.75) is 6.92 Å². The first-order chi connectivity index (χ1) is 8.93. The van der Waals surface area contributed by atoms with E-state index in [2.05, 4.69) is 16.6 Å². The zero-order valence-corrected chi connectivity index (χ0v) is 11.4. The Kier molecular flexibility index (Phi) is 5.38. The number of methoxy groups -OCH3 is 1. The Morgan fingerprint density at radius 3 is 2.68 bits per heavy atom. The minimum absolute atomic E-state index is 0.104. The van der Waals surface area contributed by atoms with Crippen LogP contribution in [0.5, 0.6) is 0 Å². The summed E-state index contributed by atoms with van der Waals surface area (Å²) in [5, 5.41) is 2.81. The van der Waals surface area contributed by atoms with Crippen molar-refractivity contribution in [2.24, 2.45) is 0 Å². The Balaban J connectivity index is 2.85. The highest BCUT2D eigenvalue weighted by Crippen LogP contribution is 2.21. The van der Waals surface area contributed by atoms with Gasteiger partial charge in [0.05, 0.1) is 18.4 Å². The number of esters is 1. The van der Waals surface area contributed by atoms with Gasteiger partial charge in [0.15, 0.2) is 0 Å². The second-order valence-corrected chi connectivity index (χ2v) is 4.28. The summed E-state index contributed by atoms with van der Waals surface area (Å²) in [5.41, 5.74) is 1.13. The molecular weight excluding hydrogens is 270 g/mol. The first-order valence-corrected chi connectivity index (χ1v) is 5.78. The van der Waals surface area contributed by atoms with Gasteiger partial charge in [-0.05, 0) is 30.7 Å². The Hall–Kier alpha value is -2.01. The maximum atomic E-state index is 11.5. The predicted molar refractivity (Wildman–Crippen MR) is 72.6 cm³/mol. The van der Waals surface area contributed by atoms with Gasteiger partial charge in [-0.25, -0.2) is 9.59 Å². The number of carbonyl (C=O) groups excluding carboxylic acids is 2. The molecule has 0 aliphatic rings. The number of hydrogen-bond acceptors (Lipinski definition) is 4. The van der Waals surface area contributed by atoms with Crippen LogP contribution in [0.25, 0.3) is 0 Å². The monoisotopic (exact) mass is 283 g/mol. The standard InChI is InChI=1S/C13H14ClNO4/c1-8(2)7-19-13(17)15-11-5-4-9(14)6-10(11)12(16)18-3/h4-6H,1,7H2,2-3H3,(H,15,17). The van der Waals surface area contributed by atoms with Gasteiger partial charge < -0.3 is 9.47 Å². The molecule has 1 amide bonds. The largest absolute Gasteiger partial charge is 0.465 e. The van der Waals surface area contributed by atoms with Gasteiger partial charge >= 0.3 is 12.1 Å². The van der Waals surface area contributed by atoms with Crippen LogP contribution in [0, 0.1) is 0 Å². The molecule has 102 valence electrons. The first kappa shape index (κ1) is 15.0. The number of carbonyl (C=O) groups is 2. The average molecular weight is 284 g/mol. The lowest BCUT2D eigenvalue weighted by Gasteiger charge is -2.10. The van der Waals surface area contributed by atoms with Crippen LogP contribution >= 0.6 is 11.6 Å². The van der Waals surface area contributed by atoms with Crippen molar-refractivity contribution in [3.05, 3.63) is 40.9 Å². The predicted octanol–water partition coefficient (Wildman–Crippen LogP) is 3.25. The van der Waals surface area contributed by atoms with E-state index in [1.54, 1.807) is 13.0 Å². The molecule has 0 heterocycles. The van der Waals surface area contributed by atoms with E-state index in [0.717, 1.165) is 0 Å². The van der Waals surface area contributed by atoms with Gasteiger partial charge in [0, 0.05) is 5.02 Å². The molecular formula is C13H14ClNO4. The van der Waals surface area contributed by atoms with Crippen LogP contribution in [0.15, 0.2) is 30.4 Å². The topological polar surface area (TPSA) is 64.6 Å². The number of hydrogen-bond donors (Lipinski definition) is 1. The molecule has 0 spiro atoms. The van der Waals surface area contributed by atoms with Crippen molar-refractivity contribution >= 4 is 29.4 Å². The van der Waals surface area contributed by atoms with Crippen molar-refractivity contribution in [2.75, 3.05) is 19.0 Å². The molecule has 6 heteroatoms. The quantitative estimate of drug-likeness (QED) is 0.680. The summed E-state index contributed by atoms with van der Waals surface area (Å²) in [5.74, 6) is -0.599. The minimum atomic E-state index is -0.685. The van der Waals surface area contributed by atoms with E-state index in [9.17, 15) is 9.59 Å². The van der Waals surface area contributed by atoms with E-state index in [4.69, 9.17) is 16.3 Å². The van der Waals surface area contributed by atoms with Gasteiger partial charge in [0.2, 0.25) is 0 Å². The fourth-order valence-corrected chi connectivity index (χ4v) is 1.41. The van der Waals surface area contributed by atoms with Gasteiger partial charge in [-0.3, -0.25) is 5.32 Å². The van der Waals surface area contributed by atoms with Crippen LogP contribution in [0.2, 0.25) is 5.02 Å². The number of anilines is 1. The summed E-state index contributed by atoms with van der Waals surface area (Å²) in [6, 6.07) is 4.45. The van der Waals surface area contributed by atoms with Crippen molar-refractivity contribution in [3.63, 3.8) is 0 Å². The molecule has 0 unspecified atom stereocenters. The summed E-state index contributed by atoms with van der Waals surface area (Å²) >= 11 is 5.79. The lowest BCUT2D eigenvalue weighted by atomic mass is 10.2. The summed E-state index contributed by atoms with van der Waals surface area (Å²) in [6.45, 7) is 5.44. The minimum Gasteiger partial charge on any atom is -0.465 e. The number of rotatable bonds is 4. The van der Waals surface area contributed by atoms with Crippen molar-refractivity contribution in [1.29, 1.82) is 0 Å². The molecule has 0 fully saturated rings. The third kappa shape index (κ3) is 4.63. The second kappa shape index (κ2) is 6.80.